The molecule has 3 unspecified atom stereocenters. The summed E-state index contributed by atoms with van der Waals surface area (Å²) in [4.78, 5) is 2.48. The van der Waals surface area contributed by atoms with Gasteiger partial charge in [0, 0.05) is 12.1 Å². The molecule has 2 rings (SSSR count). The first kappa shape index (κ1) is 13.3. The van der Waals surface area contributed by atoms with Crippen LogP contribution in [0.25, 0.3) is 0 Å². The number of nitrogens with two attached hydrogens (primary N) is 1. The molecular formula is C13H21ClN2S. The first-order valence-corrected chi connectivity index (χ1v) is 7.55. The third-order valence-electron chi connectivity index (χ3n) is 4.13. The second-order valence-corrected chi connectivity index (χ2v) is 6.56. The molecule has 4 heteroatoms. The van der Waals surface area contributed by atoms with E-state index >= 15 is 0 Å². The molecule has 1 aliphatic rings. The summed E-state index contributed by atoms with van der Waals surface area (Å²) in [6.07, 6.45) is 3.87. The average Bonchev–Trinajstić information content (AvgIpc) is 2.95. The van der Waals surface area contributed by atoms with Gasteiger partial charge in [-0.15, -0.1) is 11.3 Å². The number of nitrogens with zero attached hydrogens (tertiary/aromatic N) is 1. The fourth-order valence-corrected chi connectivity index (χ4v) is 3.87. The van der Waals surface area contributed by atoms with Crippen LogP contribution in [-0.4, -0.2) is 24.5 Å². The zero-order chi connectivity index (χ0) is 12.4. The molecule has 0 bridgehead atoms. The van der Waals surface area contributed by atoms with Gasteiger partial charge in [0.2, 0.25) is 0 Å². The van der Waals surface area contributed by atoms with Crippen molar-refractivity contribution in [1.29, 1.82) is 0 Å². The standard InChI is InChI=1S/C13H21ClN2S/c1-9(11-6-13(14)17-8-11)16(2)12-5-3-4-10(12)7-15/h6,8-10,12H,3-5,7,15H2,1-2H3. The molecule has 1 saturated carbocycles. The topological polar surface area (TPSA) is 29.3 Å². The Bertz CT molecular complexity index is 366. The maximum atomic E-state index is 6.00. The number of hydrogen-bond acceptors (Lipinski definition) is 3. The largest absolute Gasteiger partial charge is 0.330 e. The molecule has 1 aromatic heterocycles. The van der Waals surface area contributed by atoms with E-state index in [9.17, 15) is 0 Å². The van der Waals surface area contributed by atoms with Gasteiger partial charge in [-0.1, -0.05) is 18.0 Å². The summed E-state index contributed by atoms with van der Waals surface area (Å²) in [5, 5.41) is 2.16. The molecule has 0 amide bonds. The normalized spacial score (nSPS) is 26.6. The molecule has 1 heterocycles. The van der Waals surface area contributed by atoms with E-state index in [1.54, 1.807) is 11.3 Å². The number of halogens is 1. The Morgan fingerprint density at radius 2 is 2.35 bits per heavy atom. The summed E-state index contributed by atoms with van der Waals surface area (Å²) >= 11 is 7.62. The van der Waals surface area contributed by atoms with Crippen LogP contribution in [0.1, 0.15) is 37.8 Å². The monoisotopic (exact) mass is 272 g/mol. The molecule has 1 aromatic rings. The summed E-state index contributed by atoms with van der Waals surface area (Å²) < 4.78 is 0.877. The highest BCUT2D eigenvalue weighted by atomic mass is 35.5. The molecule has 0 spiro atoms. The van der Waals surface area contributed by atoms with Crippen LogP contribution >= 0.6 is 22.9 Å². The molecular weight excluding hydrogens is 252 g/mol. The van der Waals surface area contributed by atoms with Gasteiger partial charge < -0.3 is 5.73 Å². The van der Waals surface area contributed by atoms with E-state index in [0.717, 1.165) is 10.9 Å². The second-order valence-electron chi connectivity index (χ2n) is 5.02. The highest BCUT2D eigenvalue weighted by Crippen LogP contribution is 2.35. The number of rotatable bonds is 4. The van der Waals surface area contributed by atoms with E-state index in [0.29, 0.717) is 18.0 Å². The molecule has 17 heavy (non-hydrogen) atoms. The zero-order valence-corrected chi connectivity index (χ0v) is 12.1. The van der Waals surface area contributed by atoms with E-state index in [1.165, 1.54) is 24.8 Å². The highest BCUT2D eigenvalue weighted by molar-refractivity contribution is 7.14. The molecule has 96 valence electrons. The van der Waals surface area contributed by atoms with E-state index in [-0.39, 0.29) is 0 Å². The van der Waals surface area contributed by atoms with E-state index in [1.807, 2.05) is 0 Å². The third kappa shape index (κ3) is 2.84. The Hall–Kier alpha value is -0.0900. The minimum atomic E-state index is 0.427. The molecule has 0 aromatic carbocycles. The first-order valence-electron chi connectivity index (χ1n) is 6.29. The van der Waals surface area contributed by atoms with Crippen LogP contribution in [0.15, 0.2) is 11.4 Å². The van der Waals surface area contributed by atoms with Gasteiger partial charge in [-0.25, -0.2) is 0 Å². The van der Waals surface area contributed by atoms with Gasteiger partial charge in [0.05, 0.1) is 4.34 Å². The Balaban J connectivity index is 2.06. The maximum absolute atomic E-state index is 6.00. The minimum absolute atomic E-state index is 0.427. The molecule has 0 aliphatic heterocycles. The smallest absolute Gasteiger partial charge is 0.0931 e. The van der Waals surface area contributed by atoms with Crippen LogP contribution in [0.5, 0.6) is 0 Å². The van der Waals surface area contributed by atoms with Crippen LogP contribution in [0.2, 0.25) is 4.34 Å². The lowest BCUT2D eigenvalue weighted by molar-refractivity contribution is 0.152. The lowest BCUT2D eigenvalue weighted by Gasteiger charge is -2.34. The molecule has 2 nitrogen and oxygen atoms in total. The summed E-state index contributed by atoms with van der Waals surface area (Å²) in [7, 11) is 2.22. The van der Waals surface area contributed by atoms with Gasteiger partial charge in [0.15, 0.2) is 0 Å². The Kier molecular flexibility index (Phi) is 4.47. The molecule has 1 fully saturated rings. The van der Waals surface area contributed by atoms with Crippen LogP contribution in [-0.2, 0) is 0 Å². The highest BCUT2D eigenvalue weighted by Gasteiger charge is 2.31. The van der Waals surface area contributed by atoms with E-state index < -0.39 is 0 Å². The predicted octanol–water partition coefficient (Wildman–Crippen LogP) is 3.52. The first-order chi connectivity index (χ1) is 8.13. The summed E-state index contributed by atoms with van der Waals surface area (Å²) in [6.45, 7) is 3.07. The van der Waals surface area contributed by atoms with Crippen molar-refractivity contribution < 1.29 is 0 Å². The molecule has 0 radical (unpaired) electrons. The maximum Gasteiger partial charge on any atom is 0.0931 e. The average molecular weight is 273 g/mol. The van der Waals surface area contributed by atoms with Crippen molar-refractivity contribution >= 4 is 22.9 Å². The van der Waals surface area contributed by atoms with Gasteiger partial charge in [0.1, 0.15) is 0 Å². The van der Waals surface area contributed by atoms with Crippen molar-refractivity contribution in [3.8, 4) is 0 Å². The van der Waals surface area contributed by atoms with Crippen molar-refractivity contribution in [2.75, 3.05) is 13.6 Å². The van der Waals surface area contributed by atoms with Gasteiger partial charge in [-0.05, 0) is 56.3 Å². The van der Waals surface area contributed by atoms with Crippen molar-refractivity contribution in [1.82, 2.24) is 4.90 Å². The minimum Gasteiger partial charge on any atom is -0.330 e. The molecule has 1 aliphatic carbocycles. The van der Waals surface area contributed by atoms with Crippen molar-refractivity contribution in [3.63, 3.8) is 0 Å². The Morgan fingerprint density at radius 1 is 1.59 bits per heavy atom. The van der Waals surface area contributed by atoms with Crippen LogP contribution < -0.4 is 5.73 Å². The van der Waals surface area contributed by atoms with Crippen LogP contribution in [0, 0.1) is 5.92 Å². The molecule has 0 saturated heterocycles. The van der Waals surface area contributed by atoms with Crippen molar-refractivity contribution in [2.24, 2.45) is 11.7 Å². The number of thiophene rings is 1. The van der Waals surface area contributed by atoms with Crippen LogP contribution in [0.4, 0.5) is 0 Å². The van der Waals surface area contributed by atoms with E-state index in [4.69, 9.17) is 17.3 Å². The molecule has 2 N–H and O–H groups in total. The van der Waals surface area contributed by atoms with Gasteiger partial charge in [-0.2, -0.15) is 0 Å². The van der Waals surface area contributed by atoms with Gasteiger partial charge in [-0.3, -0.25) is 4.90 Å². The SMILES string of the molecule is CC(c1csc(Cl)c1)N(C)C1CCCC1CN. The van der Waals surface area contributed by atoms with Gasteiger partial charge in [0.25, 0.3) is 0 Å². The van der Waals surface area contributed by atoms with Gasteiger partial charge >= 0.3 is 0 Å². The Morgan fingerprint density at radius 3 is 2.94 bits per heavy atom. The predicted molar refractivity (Wildman–Crippen MR) is 75.7 cm³/mol. The van der Waals surface area contributed by atoms with Crippen LogP contribution in [0.3, 0.4) is 0 Å². The lowest BCUT2D eigenvalue weighted by atomic mass is 10.00. The van der Waals surface area contributed by atoms with E-state index in [2.05, 4.69) is 30.3 Å². The quantitative estimate of drug-likeness (QED) is 0.909. The lowest BCUT2D eigenvalue weighted by Crippen LogP contribution is -2.39. The Labute approximate surface area is 113 Å². The molecule has 3 atom stereocenters. The van der Waals surface area contributed by atoms with Crippen molar-refractivity contribution in [2.45, 2.75) is 38.3 Å². The van der Waals surface area contributed by atoms with Crippen molar-refractivity contribution in [3.05, 3.63) is 21.3 Å². The summed E-state index contributed by atoms with van der Waals surface area (Å²) in [5.74, 6) is 0.663. The number of hydrogen-bond donors (Lipinski definition) is 1. The fraction of sp³-hybridized carbons (Fsp3) is 0.692. The summed E-state index contributed by atoms with van der Waals surface area (Å²) in [5.41, 5.74) is 7.18. The fourth-order valence-electron chi connectivity index (χ4n) is 2.89. The summed E-state index contributed by atoms with van der Waals surface area (Å²) in [6, 6.07) is 3.14. The third-order valence-corrected chi connectivity index (χ3v) is 5.24. The second kappa shape index (κ2) is 5.70. The zero-order valence-electron chi connectivity index (χ0n) is 10.5.